The summed E-state index contributed by atoms with van der Waals surface area (Å²) in [5.41, 5.74) is 0.569. The number of hydrogen-bond acceptors (Lipinski definition) is 4. The molecule has 1 heterocycles. The number of esters is 1. The maximum Gasteiger partial charge on any atom is 0.337 e. The molecule has 0 aliphatic heterocycles. The summed E-state index contributed by atoms with van der Waals surface area (Å²) < 4.78 is 9.63. The van der Waals surface area contributed by atoms with Crippen LogP contribution < -0.4 is 0 Å². The number of carbonyl (C=O) groups excluding carboxylic acids is 1. The molecule has 0 amide bonds. The van der Waals surface area contributed by atoms with Gasteiger partial charge in [0.15, 0.2) is 0 Å². The van der Waals surface area contributed by atoms with E-state index in [1.807, 2.05) is 6.07 Å². The SMILES string of the molecule is COC(=O)c1ccc2cnsc2c1. The predicted octanol–water partition coefficient (Wildman–Crippen LogP) is 2.08. The largest absolute Gasteiger partial charge is 0.465 e. The molecule has 0 unspecified atom stereocenters. The molecule has 0 aliphatic rings. The van der Waals surface area contributed by atoms with Crippen molar-refractivity contribution in [2.24, 2.45) is 0 Å². The van der Waals surface area contributed by atoms with Crippen molar-refractivity contribution in [1.29, 1.82) is 0 Å². The van der Waals surface area contributed by atoms with Crippen molar-refractivity contribution in [2.45, 2.75) is 0 Å². The number of aromatic nitrogens is 1. The Kier molecular flexibility index (Phi) is 1.98. The zero-order valence-corrected chi connectivity index (χ0v) is 7.80. The number of rotatable bonds is 1. The first-order valence-electron chi connectivity index (χ1n) is 3.74. The van der Waals surface area contributed by atoms with Gasteiger partial charge in [-0.2, -0.15) is 4.37 Å². The van der Waals surface area contributed by atoms with Gasteiger partial charge in [-0.1, -0.05) is 6.07 Å². The summed E-state index contributed by atoms with van der Waals surface area (Å²) in [7, 11) is 1.37. The van der Waals surface area contributed by atoms with Gasteiger partial charge in [0.05, 0.1) is 17.4 Å². The number of ether oxygens (including phenoxy) is 1. The lowest BCUT2D eigenvalue weighted by Gasteiger charge is -1.97. The maximum absolute atomic E-state index is 11.1. The second kappa shape index (κ2) is 3.14. The van der Waals surface area contributed by atoms with Crippen molar-refractivity contribution in [3.8, 4) is 0 Å². The average Bonchev–Trinajstić information content (AvgIpc) is 2.63. The highest BCUT2D eigenvalue weighted by Gasteiger charge is 2.06. The summed E-state index contributed by atoms with van der Waals surface area (Å²) in [6, 6.07) is 5.40. The van der Waals surface area contributed by atoms with Crippen LogP contribution in [0.5, 0.6) is 0 Å². The fraction of sp³-hybridized carbons (Fsp3) is 0.111. The molecule has 0 bridgehead atoms. The summed E-state index contributed by atoms with van der Waals surface area (Å²) in [6.07, 6.45) is 1.78. The van der Waals surface area contributed by atoms with Crippen molar-refractivity contribution in [3.05, 3.63) is 30.0 Å². The van der Waals surface area contributed by atoms with E-state index in [1.54, 1.807) is 18.3 Å². The second-order valence-corrected chi connectivity index (χ2v) is 3.40. The molecule has 2 rings (SSSR count). The topological polar surface area (TPSA) is 39.2 Å². The Bertz CT molecular complexity index is 450. The molecule has 0 N–H and O–H groups in total. The minimum Gasteiger partial charge on any atom is -0.465 e. The molecule has 0 saturated carbocycles. The minimum absolute atomic E-state index is 0.310. The van der Waals surface area contributed by atoms with Gasteiger partial charge in [-0.25, -0.2) is 4.79 Å². The molecule has 0 aliphatic carbocycles. The van der Waals surface area contributed by atoms with E-state index in [-0.39, 0.29) is 5.97 Å². The second-order valence-electron chi connectivity index (χ2n) is 2.57. The number of nitrogens with zero attached hydrogens (tertiary/aromatic N) is 1. The Hall–Kier alpha value is -1.42. The number of fused-ring (bicyclic) bond motifs is 1. The third kappa shape index (κ3) is 1.40. The predicted molar refractivity (Wildman–Crippen MR) is 51.0 cm³/mol. The van der Waals surface area contributed by atoms with Crippen LogP contribution in [0.1, 0.15) is 10.4 Å². The van der Waals surface area contributed by atoms with Gasteiger partial charge in [0.1, 0.15) is 0 Å². The fourth-order valence-electron chi connectivity index (χ4n) is 1.10. The molecule has 2 aromatic rings. The van der Waals surface area contributed by atoms with Crippen LogP contribution in [-0.2, 0) is 4.74 Å². The van der Waals surface area contributed by atoms with E-state index in [0.29, 0.717) is 5.56 Å². The molecule has 4 heteroatoms. The minimum atomic E-state index is -0.310. The number of benzene rings is 1. The summed E-state index contributed by atoms with van der Waals surface area (Å²) in [5.74, 6) is -0.310. The van der Waals surface area contributed by atoms with E-state index in [0.717, 1.165) is 10.1 Å². The Morgan fingerprint density at radius 1 is 1.54 bits per heavy atom. The summed E-state index contributed by atoms with van der Waals surface area (Å²) in [4.78, 5) is 11.1. The molecule has 13 heavy (non-hydrogen) atoms. The van der Waals surface area contributed by atoms with Gasteiger partial charge >= 0.3 is 5.97 Å². The summed E-state index contributed by atoms with van der Waals surface area (Å²) in [5, 5.41) is 1.05. The first-order valence-corrected chi connectivity index (χ1v) is 4.51. The third-order valence-electron chi connectivity index (χ3n) is 1.78. The lowest BCUT2D eigenvalue weighted by atomic mass is 10.2. The van der Waals surface area contributed by atoms with E-state index in [2.05, 4.69) is 9.11 Å². The van der Waals surface area contributed by atoms with Gasteiger partial charge in [0.25, 0.3) is 0 Å². The first-order chi connectivity index (χ1) is 6.31. The Labute approximate surface area is 79.1 Å². The van der Waals surface area contributed by atoms with Gasteiger partial charge in [-0.15, -0.1) is 0 Å². The first kappa shape index (κ1) is 8.19. The molecular weight excluding hydrogens is 186 g/mol. The van der Waals surface area contributed by atoms with Crippen LogP contribution in [0, 0.1) is 0 Å². The van der Waals surface area contributed by atoms with Crippen molar-refractivity contribution >= 4 is 27.6 Å². The fourth-order valence-corrected chi connectivity index (χ4v) is 1.79. The van der Waals surface area contributed by atoms with Crippen LogP contribution in [0.25, 0.3) is 10.1 Å². The van der Waals surface area contributed by atoms with Crippen molar-refractivity contribution in [2.75, 3.05) is 7.11 Å². The van der Waals surface area contributed by atoms with Crippen molar-refractivity contribution in [3.63, 3.8) is 0 Å². The lowest BCUT2D eigenvalue weighted by Crippen LogP contribution is -1.99. The zero-order valence-electron chi connectivity index (χ0n) is 6.98. The summed E-state index contributed by atoms with van der Waals surface area (Å²) >= 11 is 1.37. The van der Waals surface area contributed by atoms with Gasteiger partial charge < -0.3 is 4.74 Å². The van der Waals surface area contributed by atoms with Gasteiger partial charge in [-0.05, 0) is 23.7 Å². The quantitative estimate of drug-likeness (QED) is 0.651. The lowest BCUT2D eigenvalue weighted by molar-refractivity contribution is 0.0601. The zero-order chi connectivity index (χ0) is 9.26. The Morgan fingerprint density at radius 2 is 2.38 bits per heavy atom. The Morgan fingerprint density at radius 3 is 3.15 bits per heavy atom. The van der Waals surface area contributed by atoms with E-state index in [4.69, 9.17) is 0 Å². The average molecular weight is 193 g/mol. The van der Waals surface area contributed by atoms with Gasteiger partial charge in [-0.3, -0.25) is 0 Å². The Balaban J connectivity index is 2.54. The molecule has 0 fully saturated rings. The highest BCUT2D eigenvalue weighted by molar-refractivity contribution is 7.13. The van der Waals surface area contributed by atoms with Gasteiger partial charge in [0.2, 0.25) is 0 Å². The van der Waals surface area contributed by atoms with Crippen LogP contribution in [0.2, 0.25) is 0 Å². The monoisotopic (exact) mass is 193 g/mol. The molecule has 0 spiro atoms. The molecule has 1 aromatic heterocycles. The highest BCUT2D eigenvalue weighted by Crippen LogP contribution is 2.19. The standard InChI is InChI=1S/C9H7NO2S/c1-12-9(11)6-2-3-7-5-10-13-8(7)4-6/h2-5H,1H3. The van der Waals surface area contributed by atoms with Crippen LogP contribution in [0.15, 0.2) is 24.4 Å². The van der Waals surface area contributed by atoms with Gasteiger partial charge in [0, 0.05) is 11.6 Å². The van der Waals surface area contributed by atoms with E-state index >= 15 is 0 Å². The van der Waals surface area contributed by atoms with Crippen molar-refractivity contribution < 1.29 is 9.53 Å². The number of hydrogen-bond donors (Lipinski definition) is 0. The molecule has 1 aromatic carbocycles. The third-order valence-corrected chi connectivity index (χ3v) is 2.54. The molecule has 66 valence electrons. The summed E-state index contributed by atoms with van der Waals surface area (Å²) in [6.45, 7) is 0. The highest BCUT2D eigenvalue weighted by atomic mass is 32.1. The van der Waals surface area contributed by atoms with Crippen LogP contribution in [0.4, 0.5) is 0 Å². The normalized spacial score (nSPS) is 10.2. The maximum atomic E-state index is 11.1. The van der Waals surface area contributed by atoms with E-state index < -0.39 is 0 Å². The van der Waals surface area contributed by atoms with E-state index in [1.165, 1.54) is 18.6 Å². The van der Waals surface area contributed by atoms with Crippen LogP contribution in [-0.4, -0.2) is 17.5 Å². The molecule has 3 nitrogen and oxygen atoms in total. The van der Waals surface area contributed by atoms with Crippen molar-refractivity contribution in [1.82, 2.24) is 4.37 Å². The molecule has 0 radical (unpaired) electrons. The molecule has 0 saturated heterocycles. The molecule has 0 atom stereocenters. The number of methoxy groups -OCH3 is 1. The van der Waals surface area contributed by atoms with Crippen LogP contribution in [0.3, 0.4) is 0 Å². The van der Waals surface area contributed by atoms with E-state index in [9.17, 15) is 4.79 Å². The molecular formula is C9H7NO2S. The van der Waals surface area contributed by atoms with Crippen LogP contribution >= 0.6 is 11.5 Å². The smallest absolute Gasteiger partial charge is 0.337 e. The number of carbonyl (C=O) groups is 1.